The highest BCUT2D eigenvalue weighted by molar-refractivity contribution is 5.80. The number of aliphatic imine (C=N–C) groups is 1. The fourth-order valence-electron chi connectivity index (χ4n) is 2.83. The average molecular weight is 379 g/mol. The zero-order chi connectivity index (χ0) is 19.9. The average Bonchev–Trinajstić information content (AvgIpc) is 3.20. The van der Waals surface area contributed by atoms with Gasteiger partial charge in [0.25, 0.3) is 0 Å². The Morgan fingerprint density at radius 2 is 2.22 bits per heavy atom. The minimum atomic E-state index is -0.486. The van der Waals surface area contributed by atoms with Gasteiger partial charge in [0.1, 0.15) is 11.4 Å². The van der Waals surface area contributed by atoms with Gasteiger partial charge in [-0.05, 0) is 45.2 Å². The molecule has 1 saturated heterocycles. The molecule has 1 aliphatic rings. The molecule has 0 saturated carbocycles. The lowest BCUT2D eigenvalue weighted by molar-refractivity contribution is 0.0507. The first kappa shape index (κ1) is 21.1. The molecule has 1 atom stereocenters. The second-order valence-electron chi connectivity index (χ2n) is 8.39. The predicted molar refractivity (Wildman–Crippen MR) is 107 cm³/mol. The minimum Gasteiger partial charge on any atom is -0.469 e. The molecule has 1 aliphatic heterocycles. The topological polar surface area (TPSA) is 79.1 Å². The molecule has 7 heteroatoms. The van der Waals surface area contributed by atoms with E-state index in [2.05, 4.69) is 29.4 Å². The highest BCUT2D eigenvalue weighted by atomic mass is 16.6. The quantitative estimate of drug-likeness (QED) is 0.588. The van der Waals surface area contributed by atoms with E-state index in [-0.39, 0.29) is 12.1 Å². The maximum atomic E-state index is 12.0. The molecule has 0 bridgehead atoms. The van der Waals surface area contributed by atoms with E-state index >= 15 is 0 Å². The van der Waals surface area contributed by atoms with Gasteiger partial charge in [0.05, 0.1) is 12.3 Å². The summed E-state index contributed by atoms with van der Waals surface area (Å²) >= 11 is 0. The summed E-state index contributed by atoms with van der Waals surface area (Å²) in [5, 5.41) is 6.40. The first-order valence-corrected chi connectivity index (χ1v) is 9.78. The van der Waals surface area contributed by atoms with E-state index in [1.165, 1.54) is 0 Å². The Kier molecular flexibility index (Phi) is 7.56. The Balaban J connectivity index is 1.87. The van der Waals surface area contributed by atoms with E-state index in [1.807, 2.05) is 32.9 Å². The van der Waals surface area contributed by atoms with Crippen molar-refractivity contribution in [2.75, 3.05) is 26.2 Å². The van der Waals surface area contributed by atoms with E-state index in [9.17, 15) is 4.79 Å². The summed E-state index contributed by atoms with van der Waals surface area (Å²) in [4.78, 5) is 19.0. The van der Waals surface area contributed by atoms with Crippen LogP contribution in [-0.2, 0) is 11.2 Å². The second-order valence-corrected chi connectivity index (χ2v) is 8.39. The van der Waals surface area contributed by atoms with E-state index in [0.717, 1.165) is 50.7 Å². The molecule has 1 aromatic heterocycles. The third-order valence-electron chi connectivity index (χ3n) is 4.05. The van der Waals surface area contributed by atoms with Crippen molar-refractivity contribution in [3.8, 4) is 0 Å². The van der Waals surface area contributed by atoms with Gasteiger partial charge in [-0.15, -0.1) is 0 Å². The number of carbonyl (C=O) groups is 1. The summed E-state index contributed by atoms with van der Waals surface area (Å²) in [5.74, 6) is 2.34. The molecule has 0 aliphatic carbocycles. The number of furan rings is 1. The van der Waals surface area contributed by atoms with Gasteiger partial charge >= 0.3 is 6.09 Å². The van der Waals surface area contributed by atoms with Crippen molar-refractivity contribution in [1.29, 1.82) is 0 Å². The normalized spacial score (nSPS) is 18.1. The highest BCUT2D eigenvalue weighted by Crippen LogP contribution is 2.12. The summed E-state index contributed by atoms with van der Waals surface area (Å²) in [6.45, 7) is 13.0. The highest BCUT2D eigenvalue weighted by Gasteiger charge is 2.28. The van der Waals surface area contributed by atoms with Gasteiger partial charge in [-0.25, -0.2) is 4.79 Å². The molecular weight excluding hydrogens is 344 g/mol. The molecule has 1 amide bonds. The molecule has 1 unspecified atom stereocenters. The first-order chi connectivity index (χ1) is 12.7. The Morgan fingerprint density at radius 3 is 2.85 bits per heavy atom. The van der Waals surface area contributed by atoms with Crippen molar-refractivity contribution in [3.05, 3.63) is 24.2 Å². The molecule has 7 nitrogen and oxygen atoms in total. The molecule has 152 valence electrons. The summed E-state index contributed by atoms with van der Waals surface area (Å²) in [6, 6.07) is 3.94. The van der Waals surface area contributed by atoms with Crippen molar-refractivity contribution in [2.45, 2.75) is 59.1 Å². The van der Waals surface area contributed by atoms with Crippen LogP contribution in [0.2, 0.25) is 0 Å². The van der Waals surface area contributed by atoms with Gasteiger partial charge in [-0.1, -0.05) is 13.8 Å². The van der Waals surface area contributed by atoms with Crippen molar-refractivity contribution in [2.24, 2.45) is 10.9 Å². The molecule has 2 N–H and O–H groups in total. The van der Waals surface area contributed by atoms with E-state index in [0.29, 0.717) is 5.92 Å². The van der Waals surface area contributed by atoms with Crippen molar-refractivity contribution < 1.29 is 13.9 Å². The van der Waals surface area contributed by atoms with E-state index < -0.39 is 5.60 Å². The second kappa shape index (κ2) is 9.67. The number of alkyl carbamates (subject to hydrolysis) is 1. The Morgan fingerprint density at radius 1 is 1.44 bits per heavy atom. The largest absolute Gasteiger partial charge is 0.469 e. The molecule has 0 aromatic carbocycles. The number of nitrogens with zero attached hydrogens (tertiary/aromatic N) is 2. The van der Waals surface area contributed by atoms with Crippen LogP contribution in [-0.4, -0.2) is 54.8 Å². The molecule has 1 aromatic rings. The number of guanidine groups is 1. The maximum Gasteiger partial charge on any atom is 0.407 e. The number of ether oxygens (including phenoxy) is 1. The van der Waals surface area contributed by atoms with Crippen molar-refractivity contribution in [1.82, 2.24) is 15.5 Å². The van der Waals surface area contributed by atoms with E-state index in [4.69, 9.17) is 14.1 Å². The number of hydrogen-bond donors (Lipinski definition) is 2. The summed E-state index contributed by atoms with van der Waals surface area (Å²) in [5.41, 5.74) is -0.486. The van der Waals surface area contributed by atoms with Crippen LogP contribution in [0.5, 0.6) is 0 Å². The van der Waals surface area contributed by atoms with Crippen LogP contribution in [0.15, 0.2) is 27.8 Å². The number of hydrogen-bond acceptors (Lipinski definition) is 4. The number of rotatable bonds is 6. The first-order valence-electron chi connectivity index (χ1n) is 9.78. The molecule has 0 radical (unpaired) electrons. The molecule has 2 rings (SSSR count). The Labute approximate surface area is 162 Å². The molecule has 2 heterocycles. The van der Waals surface area contributed by atoms with Gasteiger partial charge in [-0.2, -0.15) is 0 Å². The fraction of sp³-hybridized carbons (Fsp3) is 0.700. The minimum absolute atomic E-state index is 0.0657. The maximum absolute atomic E-state index is 12.0. The van der Waals surface area contributed by atoms with Gasteiger partial charge < -0.3 is 24.7 Å². The Hall–Kier alpha value is -2.18. The lowest BCUT2D eigenvalue weighted by Crippen LogP contribution is -2.44. The zero-order valence-electron chi connectivity index (χ0n) is 17.2. The van der Waals surface area contributed by atoms with Gasteiger partial charge in [0.2, 0.25) is 0 Å². The number of likely N-dealkylation sites (tertiary alicyclic amines) is 1. The smallest absolute Gasteiger partial charge is 0.407 e. The van der Waals surface area contributed by atoms with Gasteiger partial charge in [0.15, 0.2) is 5.96 Å². The third-order valence-corrected chi connectivity index (χ3v) is 4.05. The monoisotopic (exact) mass is 378 g/mol. The van der Waals surface area contributed by atoms with Crippen molar-refractivity contribution in [3.63, 3.8) is 0 Å². The van der Waals surface area contributed by atoms with Crippen LogP contribution in [0.4, 0.5) is 4.79 Å². The van der Waals surface area contributed by atoms with Crippen LogP contribution in [0, 0.1) is 5.92 Å². The number of amides is 1. The van der Waals surface area contributed by atoms with Crippen LogP contribution in [0.1, 0.15) is 46.8 Å². The molecule has 0 spiro atoms. The molecule has 1 fully saturated rings. The lowest BCUT2D eigenvalue weighted by Gasteiger charge is -2.24. The molecule has 27 heavy (non-hydrogen) atoms. The summed E-state index contributed by atoms with van der Waals surface area (Å²) in [6.07, 6.45) is 3.01. The molecular formula is C20H34N4O3. The zero-order valence-corrected chi connectivity index (χ0v) is 17.2. The lowest BCUT2D eigenvalue weighted by atomic mass is 10.2. The standard InChI is InChI=1S/C20H34N4O3/c1-15(2)13-22-18(21-10-8-17-7-6-12-26-17)24-11-9-16(14-24)23-19(25)27-20(3,4)5/h6-7,12,15-16H,8-11,13-14H2,1-5H3,(H,21,22)(H,23,25). The summed E-state index contributed by atoms with van der Waals surface area (Å²) in [7, 11) is 0. The van der Waals surface area contributed by atoms with Crippen LogP contribution >= 0.6 is 0 Å². The Bertz CT molecular complexity index is 605. The van der Waals surface area contributed by atoms with Gasteiger partial charge in [-0.3, -0.25) is 4.99 Å². The SMILES string of the molecule is CC(C)CN=C(NCCc1ccco1)N1CCC(NC(=O)OC(C)(C)C)C1. The van der Waals surface area contributed by atoms with Crippen molar-refractivity contribution >= 4 is 12.1 Å². The number of carbonyl (C=O) groups excluding carboxylic acids is 1. The van der Waals surface area contributed by atoms with Crippen LogP contribution in [0.25, 0.3) is 0 Å². The van der Waals surface area contributed by atoms with E-state index in [1.54, 1.807) is 6.26 Å². The predicted octanol–water partition coefficient (Wildman–Crippen LogP) is 3.02. The van der Waals surface area contributed by atoms with Gasteiger partial charge in [0, 0.05) is 32.6 Å². The van der Waals surface area contributed by atoms with Crippen LogP contribution < -0.4 is 10.6 Å². The number of nitrogens with one attached hydrogen (secondary N) is 2. The third kappa shape index (κ3) is 7.93. The summed E-state index contributed by atoms with van der Waals surface area (Å²) < 4.78 is 10.7. The van der Waals surface area contributed by atoms with Crippen LogP contribution in [0.3, 0.4) is 0 Å². The fourth-order valence-corrected chi connectivity index (χ4v) is 2.83.